The zero-order valence-electron chi connectivity index (χ0n) is 14.9. The SMILES string of the molecule is O=C(Nc1ccc(Cl)cc1F)C1CCN(c2ccc(-c3cccs3)nn2)CC1. The van der Waals surface area contributed by atoms with Gasteiger partial charge in [0.25, 0.3) is 0 Å². The van der Waals surface area contributed by atoms with E-state index in [1.54, 1.807) is 17.4 Å². The van der Waals surface area contributed by atoms with Crippen LogP contribution in [-0.4, -0.2) is 29.2 Å². The summed E-state index contributed by atoms with van der Waals surface area (Å²) in [7, 11) is 0. The van der Waals surface area contributed by atoms with Gasteiger partial charge in [-0.25, -0.2) is 4.39 Å². The maximum absolute atomic E-state index is 13.9. The summed E-state index contributed by atoms with van der Waals surface area (Å²) in [4.78, 5) is 15.7. The number of thiophene rings is 1. The molecule has 1 aliphatic heterocycles. The predicted octanol–water partition coefficient (Wildman–Crippen LogP) is 4.85. The molecule has 0 radical (unpaired) electrons. The Morgan fingerprint density at radius 2 is 2.00 bits per heavy atom. The van der Waals surface area contributed by atoms with Crippen molar-refractivity contribution in [3.05, 3.63) is 58.7 Å². The lowest BCUT2D eigenvalue weighted by Gasteiger charge is -2.31. The number of nitrogens with zero attached hydrogens (tertiary/aromatic N) is 3. The number of hydrogen-bond donors (Lipinski definition) is 1. The first-order chi connectivity index (χ1) is 13.6. The van der Waals surface area contributed by atoms with E-state index in [1.165, 1.54) is 12.1 Å². The van der Waals surface area contributed by atoms with Gasteiger partial charge in [0.15, 0.2) is 5.82 Å². The number of benzene rings is 1. The lowest BCUT2D eigenvalue weighted by Crippen LogP contribution is -2.38. The molecule has 1 N–H and O–H groups in total. The smallest absolute Gasteiger partial charge is 0.227 e. The van der Waals surface area contributed by atoms with Gasteiger partial charge in [0.2, 0.25) is 5.91 Å². The van der Waals surface area contributed by atoms with Crippen molar-refractivity contribution < 1.29 is 9.18 Å². The predicted molar refractivity (Wildman–Crippen MR) is 110 cm³/mol. The zero-order valence-corrected chi connectivity index (χ0v) is 16.5. The van der Waals surface area contributed by atoms with Crippen LogP contribution in [0, 0.1) is 11.7 Å². The van der Waals surface area contributed by atoms with Crippen LogP contribution in [0.2, 0.25) is 5.02 Å². The molecule has 144 valence electrons. The Hall–Kier alpha value is -2.51. The van der Waals surface area contributed by atoms with Crippen LogP contribution in [0.4, 0.5) is 15.9 Å². The highest BCUT2D eigenvalue weighted by Gasteiger charge is 2.26. The van der Waals surface area contributed by atoms with E-state index in [-0.39, 0.29) is 17.5 Å². The maximum Gasteiger partial charge on any atom is 0.227 e. The number of halogens is 2. The van der Waals surface area contributed by atoms with Gasteiger partial charge in [-0.1, -0.05) is 17.7 Å². The molecule has 2 aromatic heterocycles. The molecule has 5 nitrogen and oxygen atoms in total. The summed E-state index contributed by atoms with van der Waals surface area (Å²) in [6, 6.07) is 12.2. The standard InChI is InChI=1S/C20H18ClFN4OS/c21-14-3-4-16(15(22)12-14)23-20(27)13-7-9-26(10-8-13)19-6-5-17(24-25-19)18-2-1-11-28-18/h1-6,11-13H,7-10H2,(H,23,27). The number of nitrogens with one attached hydrogen (secondary N) is 1. The average molecular weight is 417 g/mol. The minimum atomic E-state index is -0.528. The van der Waals surface area contributed by atoms with Crippen molar-refractivity contribution >= 4 is 40.4 Å². The number of hydrogen-bond acceptors (Lipinski definition) is 5. The van der Waals surface area contributed by atoms with Crippen molar-refractivity contribution in [3.63, 3.8) is 0 Å². The molecule has 0 spiro atoms. The first kappa shape index (κ1) is 18.8. The van der Waals surface area contributed by atoms with Gasteiger partial charge in [-0.2, -0.15) is 0 Å². The van der Waals surface area contributed by atoms with Crippen LogP contribution in [-0.2, 0) is 4.79 Å². The van der Waals surface area contributed by atoms with E-state index < -0.39 is 5.82 Å². The summed E-state index contributed by atoms with van der Waals surface area (Å²) >= 11 is 7.38. The third-order valence-electron chi connectivity index (χ3n) is 4.80. The molecule has 3 heterocycles. The lowest BCUT2D eigenvalue weighted by molar-refractivity contribution is -0.120. The minimum Gasteiger partial charge on any atom is -0.355 e. The number of carbonyl (C=O) groups is 1. The Kier molecular flexibility index (Phi) is 5.54. The van der Waals surface area contributed by atoms with Gasteiger partial charge in [0.1, 0.15) is 11.5 Å². The van der Waals surface area contributed by atoms with E-state index in [0.717, 1.165) is 16.4 Å². The summed E-state index contributed by atoms with van der Waals surface area (Å²) in [5.74, 6) is -0.0491. The molecule has 1 saturated heterocycles. The van der Waals surface area contributed by atoms with Gasteiger partial charge in [-0.15, -0.1) is 21.5 Å². The molecule has 0 unspecified atom stereocenters. The largest absolute Gasteiger partial charge is 0.355 e. The molecule has 28 heavy (non-hydrogen) atoms. The highest BCUT2D eigenvalue weighted by Crippen LogP contribution is 2.26. The van der Waals surface area contributed by atoms with E-state index in [4.69, 9.17) is 11.6 Å². The fourth-order valence-electron chi connectivity index (χ4n) is 3.25. The number of carbonyl (C=O) groups excluding carboxylic acids is 1. The molecule has 8 heteroatoms. The van der Waals surface area contributed by atoms with Crippen molar-refractivity contribution in [2.45, 2.75) is 12.8 Å². The van der Waals surface area contributed by atoms with E-state index >= 15 is 0 Å². The molecule has 1 fully saturated rings. The summed E-state index contributed by atoms with van der Waals surface area (Å²) < 4.78 is 13.9. The van der Waals surface area contributed by atoms with Crippen molar-refractivity contribution in [3.8, 4) is 10.6 Å². The molecule has 0 atom stereocenters. The normalized spacial score (nSPS) is 14.9. The van der Waals surface area contributed by atoms with Gasteiger partial charge in [-0.05, 0) is 54.6 Å². The Labute approximate surface area is 171 Å². The minimum absolute atomic E-state index is 0.159. The third-order valence-corrected chi connectivity index (χ3v) is 5.93. The van der Waals surface area contributed by atoms with Gasteiger partial charge >= 0.3 is 0 Å². The molecule has 0 saturated carbocycles. The fraction of sp³-hybridized carbons (Fsp3) is 0.250. The Morgan fingerprint density at radius 1 is 1.18 bits per heavy atom. The second-order valence-corrected chi connectivity index (χ2v) is 8.01. The Balaban J connectivity index is 1.34. The van der Waals surface area contributed by atoms with Crippen LogP contribution in [0.25, 0.3) is 10.6 Å². The third kappa shape index (κ3) is 4.15. The van der Waals surface area contributed by atoms with E-state index in [0.29, 0.717) is 31.0 Å². The van der Waals surface area contributed by atoms with E-state index in [1.807, 2.05) is 29.6 Å². The molecule has 1 aromatic carbocycles. The van der Waals surface area contributed by atoms with Crippen LogP contribution in [0.5, 0.6) is 0 Å². The molecular formula is C20H18ClFN4OS. The molecule has 0 bridgehead atoms. The molecule has 0 aliphatic carbocycles. The first-order valence-electron chi connectivity index (χ1n) is 8.98. The fourth-order valence-corrected chi connectivity index (χ4v) is 4.10. The topological polar surface area (TPSA) is 58.1 Å². The van der Waals surface area contributed by atoms with Crippen molar-refractivity contribution in [1.82, 2.24) is 10.2 Å². The van der Waals surface area contributed by atoms with E-state index in [9.17, 15) is 9.18 Å². The molecular weight excluding hydrogens is 399 g/mol. The highest BCUT2D eigenvalue weighted by molar-refractivity contribution is 7.13. The van der Waals surface area contributed by atoms with Gasteiger partial charge < -0.3 is 10.2 Å². The number of aromatic nitrogens is 2. The van der Waals surface area contributed by atoms with Crippen LogP contribution in [0.1, 0.15) is 12.8 Å². The van der Waals surface area contributed by atoms with Crippen LogP contribution in [0.15, 0.2) is 47.8 Å². The molecule has 1 aliphatic rings. The summed E-state index contributed by atoms with van der Waals surface area (Å²) in [6.45, 7) is 1.41. The molecule has 1 amide bonds. The van der Waals surface area contributed by atoms with Crippen LogP contribution >= 0.6 is 22.9 Å². The maximum atomic E-state index is 13.9. The lowest BCUT2D eigenvalue weighted by atomic mass is 9.95. The number of amides is 1. The summed E-state index contributed by atoms with van der Waals surface area (Å²) in [6.07, 6.45) is 1.35. The van der Waals surface area contributed by atoms with Gasteiger partial charge in [0, 0.05) is 24.0 Å². The van der Waals surface area contributed by atoms with E-state index in [2.05, 4.69) is 20.4 Å². The Morgan fingerprint density at radius 3 is 2.64 bits per heavy atom. The summed E-state index contributed by atoms with van der Waals surface area (Å²) in [5.41, 5.74) is 1.02. The van der Waals surface area contributed by atoms with Crippen molar-refractivity contribution in [2.75, 3.05) is 23.3 Å². The number of rotatable bonds is 4. The van der Waals surface area contributed by atoms with Gasteiger partial charge in [0.05, 0.1) is 10.6 Å². The zero-order chi connectivity index (χ0) is 19.5. The van der Waals surface area contributed by atoms with Crippen LogP contribution < -0.4 is 10.2 Å². The average Bonchev–Trinajstić information content (AvgIpc) is 3.25. The summed E-state index contributed by atoms with van der Waals surface area (Å²) in [5, 5.41) is 13.6. The highest BCUT2D eigenvalue weighted by atomic mass is 35.5. The molecule has 4 rings (SSSR count). The number of anilines is 2. The number of piperidine rings is 1. The van der Waals surface area contributed by atoms with Crippen molar-refractivity contribution in [1.29, 1.82) is 0 Å². The Bertz CT molecular complexity index is 957. The van der Waals surface area contributed by atoms with Crippen LogP contribution in [0.3, 0.4) is 0 Å². The van der Waals surface area contributed by atoms with Gasteiger partial charge in [-0.3, -0.25) is 4.79 Å². The quantitative estimate of drug-likeness (QED) is 0.660. The molecule has 3 aromatic rings. The monoisotopic (exact) mass is 416 g/mol. The second kappa shape index (κ2) is 8.24. The first-order valence-corrected chi connectivity index (χ1v) is 10.2. The van der Waals surface area contributed by atoms with Crippen molar-refractivity contribution in [2.24, 2.45) is 5.92 Å². The second-order valence-electron chi connectivity index (χ2n) is 6.63.